The number of nitrogens with one attached hydrogen (secondary N) is 1. The quantitative estimate of drug-likeness (QED) is 0.909. The Morgan fingerprint density at radius 2 is 2.29 bits per heavy atom. The van der Waals surface area contributed by atoms with E-state index >= 15 is 0 Å². The van der Waals surface area contributed by atoms with Gasteiger partial charge in [0.2, 0.25) is 5.91 Å². The second-order valence-electron chi connectivity index (χ2n) is 5.14. The Morgan fingerprint density at radius 3 is 2.86 bits per heavy atom. The minimum Gasteiger partial charge on any atom is -0.353 e. The lowest BCUT2D eigenvalue weighted by atomic mass is 10.1. The number of carbonyl (C=O) groups excluding carboxylic acids is 2. The minimum atomic E-state index is -0.279. The molecule has 1 aromatic rings. The summed E-state index contributed by atoms with van der Waals surface area (Å²) in [5.41, 5.74) is 0.434. The number of nitrogens with zero attached hydrogens (tertiary/aromatic N) is 3. The summed E-state index contributed by atoms with van der Waals surface area (Å²) >= 11 is 6.27. The van der Waals surface area contributed by atoms with Crippen LogP contribution in [0.3, 0.4) is 0 Å². The van der Waals surface area contributed by atoms with E-state index in [2.05, 4.69) is 10.3 Å². The van der Waals surface area contributed by atoms with E-state index < -0.39 is 0 Å². The summed E-state index contributed by atoms with van der Waals surface area (Å²) < 4.78 is 0. The molecule has 1 saturated heterocycles. The van der Waals surface area contributed by atoms with Gasteiger partial charge in [-0.15, -0.1) is 0 Å². The fourth-order valence-corrected chi connectivity index (χ4v) is 2.67. The first-order valence-electron chi connectivity index (χ1n) is 6.87. The van der Waals surface area contributed by atoms with E-state index in [0.29, 0.717) is 35.9 Å². The maximum Gasteiger partial charge on any atom is 0.254 e. The molecule has 0 bridgehead atoms. The van der Waals surface area contributed by atoms with Crippen LogP contribution in [0.25, 0.3) is 0 Å². The van der Waals surface area contributed by atoms with Gasteiger partial charge >= 0.3 is 0 Å². The standard InChI is InChI=1S/C14H19ClN4O2/c1-4-11-13(20)16-5-6-19(11)12-10(15)7-9(8-17-12)14(21)18(2)3/h7-8,11H,4-6H2,1-3H3,(H,16,20). The Bertz CT molecular complexity index is 562. The Labute approximate surface area is 129 Å². The highest BCUT2D eigenvalue weighted by atomic mass is 35.5. The van der Waals surface area contributed by atoms with Crippen molar-refractivity contribution in [3.05, 3.63) is 22.8 Å². The van der Waals surface area contributed by atoms with Crippen molar-refractivity contribution >= 4 is 29.2 Å². The molecule has 6 nitrogen and oxygen atoms in total. The normalized spacial score (nSPS) is 18.4. The first-order valence-corrected chi connectivity index (χ1v) is 7.25. The highest BCUT2D eigenvalue weighted by molar-refractivity contribution is 6.33. The number of hydrogen-bond donors (Lipinski definition) is 1. The van der Waals surface area contributed by atoms with Crippen molar-refractivity contribution in [2.45, 2.75) is 19.4 Å². The number of rotatable bonds is 3. The molecule has 0 spiro atoms. The topological polar surface area (TPSA) is 65.5 Å². The van der Waals surface area contributed by atoms with Gasteiger partial charge in [-0.25, -0.2) is 4.98 Å². The third kappa shape index (κ3) is 3.10. The molecule has 1 N–H and O–H groups in total. The molecular weight excluding hydrogens is 292 g/mol. The molecule has 1 aromatic heterocycles. The molecule has 1 atom stereocenters. The number of amides is 2. The second-order valence-corrected chi connectivity index (χ2v) is 5.54. The SMILES string of the molecule is CCC1C(=O)NCCN1c1ncc(C(=O)N(C)C)cc1Cl. The van der Waals surface area contributed by atoms with Crippen molar-refractivity contribution < 1.29 is 9.59 Å². The number of carbonyl (C=O) groups is 2. The zero-order valence-corrected chi connectivity index (χ0v) is 13.1. The Kier molecular flexibility index (Phi) is 4.67. The molecule has 0 aliphatic carbocycles. The van der Waals surface area contributed by atoms with Crippen LogP contribution < -0.4 is 10.2 Å². The third-order valence-electron chi connectivity index (χ3n) is 3.46. The van der Waals surface area contributed by atoms with Crippen LogP contribution in [0.5, 0.6) is 0 Å². The van der Waals surface area contributed by atoms with Crippen LogP contribution in [0.1, 0.15) is 23.7 Å². The van der Waals surface area contributed by atoms with E-state index in [1.165, 1.54) is 11.1 Å². The van der Waals surface area contributed by atoms with E-state index in [9.17, 15) is 9.59 Å². The Hall–Kier alpha value is -1.82. The average Bonchev–Trinajstić information content (AvgIpc) is 2.46. The van der Waals surface area contributed by atoms with Crippen molar-refractivity contribution in [2.75, 3.05) is 32.1 Å². The van der Waals surface area contributed by atoms with Crippen LogP contribution in [0, 0.1) is 0 Å². The molecule has 114 valence electrons. The fraction of sp³-hybridized carbons (Fsp3) is 0.500. The molecule has 2 amide bonds. The minimum absolute atomic E-state index is 0.0185. The van der Waals surface area contributed by atoms with Gasteiger partial charge < -0.3 is 15.1 Å². The Balaban J connectivity index is 2.32. The summed E-state index contributed by atoms with van der Waals surface area (Å²) in [4.78, 5) is 31.5. The van der Waals surface area contributed by atoms with Crippen LogP contribution in [-0.2, 0) is 4.79 Å². The van der Waals surface area contributed by atoms with E-state index in [1.54, 1.807) is 20.2 Å². The summed E-state index contributed by atoms with van der Waals surface area (Å²) in [7, 11) is 3.35. The summed E-state index contributed by atoms with van der Waals surface area (Å²) in [6, 6.07) is 1.32. The largest absolute Gasteiger partial charge is 0.353 e. The van der Waals surface area contributed by atoms with Crippen LogP contribution in [0.4, 0.5) is 5.82 Å². The van der Waals surface area contributed by atoms with Crippen LogP contribution in [0.15, 0.2) is 12.3 Å². The molecule has 0 radical (unpaired) electrons. The highest BCUT2D eigenvalue weighted by Crippen LogP contribution is 2.27. The monoisotopic (exact) mass is 310 g/mol. The van der Waals surface area contributed by atoms with Gasteiger partial charge in [0.05, 0.1) is 10.6 Å². The number of aromatic nitrogens is 1. The van der Waals surface area contributed by atoms with Gasteiger partial charge in [0.1, 0.15) is 11.9 Å². The first kappa shape index (κ1) is 15.6. The zero-order valence-electron chi connectivity index (χ0n) is 12.4. The van der Waals surface area contributed by atoms with Crippen molar-refractivity contribution in [1.29, 1.82) is 0 Å². The van der Waals surface area contributed by atoms with E-state index in [1.807, 2.05) is 11.8 Å². The lowest BCUT2D eigenvalue weighted by molar-refractivity contribution is -0.123. The van der Waals surface area contributed by atoms with E-state index in [4.69, 9.17) is 11.6 Å². The highest BCUT2D eigenvalue weighted by Gasteiger charge is 2.30. The molecule has 1 fully saturated rings. The van der Waals surface area contributed by atoms with Gasteiger partial charge in [0.15, 0.2) is 0 Å². The van der Waals surface area contributed by atoms with Gasteiger partial charge in [-0.3, -0.25) is 9.59 Å². The number of anilines is 1. The first-order chi connectivity index (χ1) is 9.95. The maximum absolute atomic E-state index is 11.9. The summed E-state index contributed by atoms with van der Waals surface area (Å²) in [6.45, 7) is 3.16. The summed E-state index contributed by atoms with van der Waals surface area (Å²) in [5.74, 6) is 0.378. The van der Waals surface area contributed by atoms with Gasteiger partial charge in [0, 0.05) is 33.4 Å². The summed E-state index contributed by atoms with van der Waals surface area (Å²) in [6.07, 6.45) is 2.17. The van der Waals surface area contributed by atoms with Crippen molar-refractivity contribution in [3.63, 3.8) is 0 Å². The zero-order chi connectivity index (χ0) is 15.6. The molecule has 7 heteroatoms. The van der Waals surface area contributed by atoms with Gasteiger partial charge in [-0.1, -0.05) is 18.5 Å². The van der Waals surface area contributed by atoms with Crippen LogP contribution in [-0.4, -0.2) is 54.9 Å². The van der Waals surface area contributed by atoms with Crippen molar-refractivity contribution in [1.82, 2.24) is 15.2 Å². The molecule has 0 aromatic carbocycles. The van der Waals surface area contributed by atoms with Crippen molar-refractivity contribution in [3.8, 4) is 0 Å². The fourth-order valence-electron chi connectivity index (χ4n) is 2.39. The Morgan fingerprint density at radius 1 is 1.57 bits per heavy atom. The van der Waals surface area contributed by atoms with Crippen LogP contribution >= 0.6 is 11.6 Å². The third-order valence-corrected chi connectivity index (χ3v) is 3.74. The predicted octanol–water partition coefficient (Wildman–Crippen LogP) is 1.15. The predicted molar refractivity (Wildman–Crippen MR) is 81.7 cm³/mol. The summed E-state index contributed by atoms with van der Waals surface area (Å²) in [5, 5.41) is 3.22. The molecule has 0 saturated carbocycles. The van der Waals surface area contributed by atoms with Gasteiger partial charge in [-0.05, 0) is 12.5 Å². The molecule has 1 aliphatic rings. The molecule has 2 rings (SSSR count). The van der Waals surface area contributed by atoms with Crippen LogP contribution in [0.2, 0.25) is 5.02 Å². The molecule has 1 unspecified atom stereocenters. The molecular formula is C14H19ClN4O2. The van der Waals surface area contributed by atoms with Crippen molar-refractivity contribution in [2.24, 2.45) is 0 Å². The lowest BCUT2D eigenvalue weighted by Crippen LogP contribution is -2.55. The van der Waals surface area contributed by atoms with Gasteiger partial charge in [-0.2, -0.15) is 0 Å². The van der Waals surface area contributed by atoms with Gasteiger partial charge in [0.25, 0.3) is 5.91 Å². The lowest BCUT2D eigenvalue weighted by Gasteiger charge is -2.35. The molecule has 1 aliphatic heterocycles. The van der Waals surface area contributed by atoms with E-state index in [0.717, 1.165) is 0 Å². The number of pyridine rings is 1. The molecule has 21 heavy (non-hydrogen) atoms. The number of piperazine rings is 1. The van der Waals surface area contributed by atoms with E-state index in [-0.39, 0.29) is 17.9 Å². The maximum atomic E-state index is 11.9. The smallest absolute Gasteiger partial charge is 0.254 e. The molecule has 2 heterocycles. The number of halogens is 1. The average molecular weight is 311 g/mol. The second kappa shape index (κ2) is 6.30. The number of hydrogen-bond acceptors (Lipinski definition) is 4.